The number of amides is 1. The lowest BCUT2D eigenvalue weighted by Crippen LogP contribution is -2.32. The molecule has 102 valence electrons. The van der Waals surface area contributed by atoms with Crippen molar-refractivity contribution in [1.29, 1.82) is 0 Å². The maximum atomic E-state index is 10.9. The van der Waals surface area contributed by atoms with Crippen LogP contribution in [0.5, 0.6) is 0 Å². The number of carbonyl (C=O) groups is 1. The van der Waals surface area contributed by atoms with Gasteiger partial charge in [0.2, 0.25) is 0 Å². The summed E-state index contributed by atoms with van der Waals surface area (Å²) in [4.78, 5) is 12.3. The molecule has 0 aromatic heterocycles. The van der Waals surface area contributed by atoms with Crippen LogP contribution in [0.15, 0.2) is 0 Å². The molecular weight excluding hydrogens is 220 g/mol. The van der Waals surface area contributed by atoms with E-state index in [1.54, 1.807) is 0 Å². The van der Waals surface area contributed by atoms with Gasteiger partial charge in [0.05, 0.1) is 0 Å². The van der Waals surface area contributed by atoms with Gasteiger partial charge in [0.25, 0.3) is 0 Å². The topological polar surface area (TPSA) is 105 Å². The van der Waals surface area contributed by atoms with E-state index < -0.39 is 6.09 Å². The highest BCUT2D eigenvalue weighted by Crippen LogP contribution is 1.97. The molecule has 6 heteroatoms. The molecule has 0 spiro atoms. The lowest BCUT2D eigenvalue weighted by Gasteiger charge is -2.18. The summed E-state index contributed by atoms with van der Waals surface area (Å²) in [7, 11) is 0. The molecule has 0 aromatic carbocycles. The molecule has 0 rings (SSSR count). The second kappa shape index (κ2) is 11.6. The molecule has 6 nitrogen and oxygen atoms in total. The van der Waals surface area contributed by atoms with Crippen molar-refractivity contribution < 1.29 is 9.90 Å². The van der Waals surface area contributed by atoms with Crippen LogP contribution in [0.1, 0.15) is 25.7 Å². The Morgan fingerprint density at radius 1 is 1.00 bits per heavy atom. The van der Waals surface area contributed by atoms with Gasteiger partial charge in [0, 0.05) is 13.1 Å². The van der Waals surface area contributed by atoms with Crippen LogP contribution in [0.4, 0.5) is 4.79 Å². The van der Waals surface area contributed by atoms with Crippen molar-refractivity contribution >= 4 is 6.09 Å². The number of nitrogens with two attached hydrogens (primary N) is 2. The number of rotatable bonds is 11. The minimum Gasteiger partial charge on any atom is -0.465 e. The Morgan fingerprint density at radius 2 is 1.59 bits per heavy atom. The fraction of sp³-hybridized carbons (Fsp3) is 0.909. The van der Waals surface area contributed by atoms with E-state index in [0.29, 0.717) is 26.2 Å². The molecule has 0 bridgehead atoms. The first kappa shape index (κ1) is 16.1. The zero-order chi connectivity index (χ0) is 12.9. The molecule has 0 aliphatic carbocycles. The van der Waals surface area contributed by atoms with E-state index in [0.717, 1.165) is 38.8 Å². The van der Waals surface area contributed by atoms with Crippen molar-refractivity contribution in [2.45, 2.75) is 25.7 Å². The molecule has 0 saturated carbocycles. The Bertz CT molecular complexity index is 190. The van der Waals surface area contributed by atoms with E-state index >= 15 is 0 Å². The van der Waals surface area contributed by atoms with Gasteiger partial charge < -0.3 is 26.8 Å². The van der Waals surface area contributed by atoms with E-state index in [-0.39, 0.29) is 0 Å². The van der Waals surface area contributed by atoms with Gasteiger partial charge in [-0.05, 0) is 51.9 Å². The quantitative estimate of drug-likeness (QED) is 0.385. The number of hydrogen-bond donors (Lipinski definition) is 4. The molecule has 0 aliphatic heterocycles. The molecule has 0 atom stereocenters. The number of carboxylic acid groups (broad SMARTS) is 1. The first-order valence-electron chi connectivity index (χ1n) is 6.31. The number of unbranched alkanes of at least 4 members (excludes halogenated alkanes) is 1. The molecule has 0 aromatic rings. The zero-order valence-electron chi connectivity index (χ0n) is 10.5. The van der Waals surface area contributed by atoms with Crippen LogP contribution in [0.25, 0.3) is 0 Å². The van der Waals surface area contributed by atoms with Crippen LogP contribution in [-0.4, -0.2) is 55.4 Å². The largest absolute Gasteiger partial charge is 0.465 e. The summed E-state index contributed by atoms with van der Waals surface area (Å²) in [5.74, 6) is 0. The van der Waals surface area contributed by atoms with Gasteiger partial charge >= 0.3 is 6.09 Å². The summed E-state index contributed by atoms with van der Waals surface area (Å²) in [5, 5.41) is 12.2. The van der Waals surface area contributed by atoms with Crippen LogP contribution < -0.4 is 16.8 Å². The van der Waals surface area contributed by atoms with Gasteiger partial charge in [0.1, 0.15) is 0 Å². The van der Waals surface area contributed by atoms with Crippen LogP contribution in [0.3, 0.4) is 0 Å². The van der Waals surface area contributed by atoms with Crippen LogP contribution in [-0.2, 0) is 0 Å². The van der Waals surface area contributed by atoms with E-state index in [1.807, 2.05) is 0 Å². The predicted molar refractivity (Wildman–Crippen MR) is 69.0 cm³/mol. The second-order valence-corrected chi connectivity index (χ2v) is 4.01. The molecular formula is C11H26N4O2. The highest BCUT2D eigenvalue weighted by molar-refractivity contribution is 5.64. The van der Waals surface area contributed by atoms with Crippen molar-refractivity contribution in [3.63, 3.8) is 0 Å². The minimum absolute atomic E-state index is 0.532. The first-order valence-corrected chi connectivity index (χ1v) is 6.31. The zero-order valence-corrected chi connectivity index (χ0v) is 10.5. The fourth-order valence-electron chi connectivity index (χ4n) is 1.49. The van der Waals surface area contributed by atoms with Crippen molar-refractivity contribution in [2.75, 3.05) is 39.3 Å². The van der Waals surface area contributed by atoms with Gasteiger partial charge in [-0.3, -0.25) is 0 Å². The third kappa shape index (κ3) is 10.0. The van der Waals surface area contributed by atoms with Gasteiger partial charge in [-0.2, -0.15) is 0 Å². The molecule has 0 heterocycles. The summed E-state index contributed by atoms with van der Waals surface area (Å²) in [6.45, 7) is 4.22. The number of hydrogen-bond acceptors (Lipinski definition) is 4. The summed E-state index contributed by atoms with van der Waals surface area (Å²) in [6, 6.07) is 0. The molecule has 0 fully saturated rings. The Hall–Kier alpha value is -0.850. The number of nitrogens with one attached hydrogen (secondary N) is 1. The maximum absolute atomic E-state index is 10.9. The normalized spacial score (nSPS) is 10.5. The minimum atomic E-state index is -0.852. The van der Waals surface area contributed by atoms with Crippen molar-refractivity contribution in [1.82, 2.24) is 10.2 Å². The summed E-state index contributed by atoms with van der Waals surface area (Å²) >= 11 is 0. The molecule has 0 aliphatic rings. The lowest BCUT2D eigenvalue weighted by molar-refractivity contribution is 0.144. The summed E-state index contributed by atoms with van der Waals surface area (Å²) in [5.41, 5.74) is 10.7. The van der Waals surface area contributed by atoms with Gasteiger partial charge in [-0.15, -0.1) is 0 Å². The average Bonchev–Trinajstić information content (AvgIpc) is 2.31. The SMILES string of the molecule is NCCCNCCCCN(CCCN)C(=O)O. The van der Waals surface area contributed by atoms with Crippen molar-refractivity contribution in [3.8, 4) is 0 Å². The Morgan fingerprint density at radius 3 is 2.18 bits per heavy atom. The van der Waals surface area contributed by atoms with E-state index in [4.69, 9.17) is 16.6 Å². The van der Waals surface area contributed by atoms with Crippen molar-refractivity contribution in [2.24, 2.45) is 11.5 Å². The standard InChI is InChI=1S/C11H26N4O2/c12-5-3-8-14-7-1-2-9-15(11(16)17)10-4-6-13/h14H,1-10,12-13H2,(H,16,17). The number of nitrogens with zero attached hydrogens (tertiary/aromatic N) is 1. The average molecular weight is 246 g/mol. The van der Waals surface area contributed by atoms with Gasteiger partial charge in [0.15, 0.2) is 0 Å². The lowest BCUT2D eigenvalue weighted by atomic mass is 10.2. The second-order valence-electron chi connectivity index (χ2n) is 4.01. The maximum Gasteiger partial charge on any atom is 0.407 e. The van der Waals surface area contributed by atoms with E-state index in [2.05, 4.69) is 5.32 Å². The third-order valence-electron chi connectivity index (χ3n) is 2.49. The Kier molecular flexibility index (Phi) is 11.0. The first-order chi connectivity index (χ1) is 8.22. The monoisotopic (exact) mass is 246 g/mol. The summed E-state index contributed by atoms with van der Waals surface area (Å²) in [6.07, 6.45) is 2.72. The molecule has 1 amide bonds. The Balaban J connectivity index is 3.44. The molecule has 0 saturated heterocycles. The van der Waals surface area contributed by atoms with Crippen LogP contribution in [0.2, 0.25) is 0 Å². The third-order valence-corrected chi connectivity index (χ3v) is 2.49. The van der Waals surface area contributed by atoms with Crippen LogP contribution >= 0.6 is 0 Å². The molecule has 0 radical (unpaired) electrons. The highest BCUT2D eigenvalue weighted by Gasteiger charge is 2.09. The van der Waals surface area contributed by atoms with E-state index in [9.17, 15) is 4.79 Å². The molecule has 0 unspecified atom stereocenters. The van der Waals surface area contributed by atoms with Crippen LogP contribution in [0, 0.1) is 0 Å². The van der Waals surface area contributed by atoms with E-state index in [1.165, 1.54) is 4.90 Å². The Labute approximate surface area is 103 Å². The fourth-order valence-corrected chi connectivity index (χ4v) is 1.49. The van der Waals surface area contributed by atoms with Crippen molar-refractivity contribution in [3.05, 3.63) is 0 Å². The smallest absolute Gasteiger partial charge is 0.407 e. The highest BCUT2D eigenvalue weighted by atomic mass is 16.4. The summed E-state index contributed by atoms with van der Waals surface area (Å²) < 4.78 is 0. The van der Waals surface area contributed by atoms with Gasteiger partial charge in [-0.25, -0.2) is 4.79 Å². The molecule has 17 heavy (non-hydrogen) atoms. The van der Waals surface area contributed by atoms with Gasteiger partial charge in [-0.1, -0.05) is 0 Å². The predicted octanol–water partition coefficient (Wildman–Crippen LogP) is 0.0338. The molecule has 6 N–H and O–H groups in total.